The molecule has 0 unspecified atom stereocenters. The molecule has 12 heavy (non-hydrogen) atoms. The van der Waals surface area contributed by atoms with Gasteiger partial charge < -0.3 is 4.18 Å². The van der Waals surface area contributed by atoms with Crippen LogP contribution in [0, 0.1) is 6.85 Å². The Kier molecular flexibility index (Phi) is 0.782. The summed E-state index contributed by atoms with van der Waals surface area (Å²) in [5.41, 5.74) is -0.857. The molecule has 0 fully saturated rings. The van der Waals surface area contributed by atoms with E-state index in [0.717, 1.165) is 0 Å². The summed E-state index contributed by atoms with van der Waals surface area (Å²) in [4.78, 5) is 0. The van der Waals surface area contributed by atoms with Gasteiger partial charge in [-0.2, -0.15) is 8.42 Å². The Bertz CT molecular complexity index is 608. The van der Waals surface area contributed by atoms with Gasteiger partial charge in [0.25, 0.3) is 0 Å². The van der Waals surface area contributed by atoms with E-state index in [-0.39, 0.29) is 0 Å². The van der Waals surface area contributed by atoms with Crippen molar-refractivity contribution in [2.45, 2.75) is 6.85 Å². The van der Waals surface area contributed by atoms with Crippen molar-refractivity contribution in [3.05, 3.63) is 29.7 Å². The fourth-order valence-electron chi connectivity index (χ4n) is 0.445. The van der Waals surface area contributed by atoms with E-state index in [0.29, 0.717) is 0 Å². The normalized spacial score (nSPS) is 21.7. The van der Waals surface area contributed by atoms with Crippen molar-refractivity contribution in [3.63, 3.8) is 0 Å². The molecular weight excluding hydrogens is 180 g/mol. The van der Waals surface area contributed by atoms with Crippen LogP contribution < -0.4 is 4.18 Å². The van der Waals surface area contributed by atoms with Crippen molar-refractivity contribution in [1.29, 1.82) is 1.43 Å². The average molecular weight is 196 g/mol. The summed E-state index contributed by atoms with van der Waals surface area (Å²) in [6.07, 6.45) is 0. The van der Waals surface area contributed by atoms with Crippen LogP contribution in [0.3, 0.4) is 0 Å². The topological polar surface area (TPSA) is 63.6 Å². The predicted octanol–water partition coefficient (Wildman–Crippen LogP) is 1.18. The second-order valence-electron chi connectivity index (χ2n) is 1.70. The predicted molar refractivity (Wildman–Crippen MR) is 43.4 cm³/mol. The van der Waals surface area contributed by atoms with Gasteiger partial charge in [-0.1, -0.05) is 17.6 Å². The van der Waals surface area contributed by atoms with Crippen molar-refractivity contribution < 1.29 is 26.8 Å². The zero-order valence-corrected chi connectivity index (χ0v) is 6.36. The van der Waals surface area contributed by atoms with Gasteiger partial charge >= 0.3 is 10.4 Å². The number of hydrogen-bond donors (Lipinski definition) is 1. The van der Waals surface area contributed by atoms with Crippen molar-refractivity contribution in [2.24, 2.45) is 0 Å². The van der Waals surface area contributed by atoms with E-state index >= 15 is 0 Å². The quantitative estimate of drug-likeness (QED) is 0.737. The second kappa shape index (κ2) is 3.12. The Hall–Kier alpha value is -1.07. The van der Waals surface area contributed by atoms with Crippen LogP contribution in [-0.2, 0) is 10.4 Å². The first-order valence-electron chi connectivity index (χ1n) is 6.53. The fraction of sp³-hybridized carbons (Fsp3) is 0.143. The number of benzene rings is 1. The highest BCUT2D eigenvalue weighted by molar-refractivity contribution is 7.81. The molecule has 0 aliphatic rings. The molecule has 1 aromatic rings. The summed E-state index contributed by atoms with van der Waals surface area (Å²) in [7, 11) is -4.88. The van der Waals surface area contributed by atoms with E-state index in [1.165, 1.54) is 0 Å². The smallest absolute Gasteiger partial charge is 0.362 e. The lowest BCUT2D eigenvalue weighted by atomic mass is 10.2. The van der Waals surface area contributed by atoms with Crippen LogP contribution in [0.25, 0.3) is 1.43 Å². The summed E-state index contributed by atoms with van der Waals surface area (Å²) in [5.74, 6) is -1.04. The molecule has 5 heteroatoms. The van der Waals surface area contributed by atoms with Gasteiger partial charge in [0.05, 0.1) is 5.48 Å². The van der Waals surface area contributed by atoms with Gasteiger partial charge in [0.2, 0.25) is 1.43 Å². The highest BCUT2D eigenvalue weighted by atomic mass is 32.3. The summed E-state index contributed by atoms with van der Waals surface area (Å²) >= 11 is 0. The molecule has 0 heterocycles. The van der Waals surface area contributed by atoms with Gasteiger partial charge in [0.1, 0.15) is 5.75 Å². The molecule has 0 aliphatic heterocycles. The molecule has 0 bridgehead atoms. The first-order valence-corrected chi connectivity index (χ1v) is 3.95. The minimum atomic E-state index is -4.88. The highest BCUT2D eigenvalue weighted by Crippen LogP contribution is 2.12. The zero-order valence-electron chi connectivity index (χ0n) is 13.5. The maximum Gasteiger partial charge on any atom is 0.446 e. The van der Waals surface area contributed by atoms with E-state index in [4.69, 9.17) is 11.0 Å². The monoisotopic (exact) mass is 196 g/mol. The van der Waals surface area contributed by atoms with Crippen LogP contribution in [0.5, 0.6) is 5.75 Å². The molecule has 0 atom stereocenters. The van der Waals surface area contributed by atoms with Crippen molar-refractivity contribution in [2.75, 3.05) is 0 Å². The molecular formula is C7H8O4S. The molecule has 0 radical (unpaired) electrons. The van der Waals surface area contributed by atoms with Crippen LogP contribution in [0.15, 0.2) is 24.2 Å². The summed E-state index contributed by atoms with van der Waals surface area (Å²) < 4.78 is 86.8. The molecule has 0 aliphatic carbocycles. The SMILES string of the molecule is [2H]OS(=O)(=O)Oc1c([2H])c([2H])c(C([2H])([2H])[2H])c([2H])c1[2H]. The van der Waals surface area contributed by atoms with Gasteiger partial charge in [-0.05, 0) is 18.9 Å². The molecule has 1 aromatic carbocycles. The van der Waals surface area contributed by atoms with E-state index < -0.39 is 52.7 Å². The van der Waals surface area contributed by atoms with Crippen LogP contribution in [-0.4, -0.2) is 13.0 Å². The third kappa shape index (κ3) is 2.89. The van der Waals surface area contributed by atoms with Gasteiger partial charge in [0.15, 0.2) is 0 Å². The van der Waals surface area contributed by atoms with E-state index in [1.54, 1.807) is 0 Å². The number of rotatable bonds is 3. The van der Waals surface area contributed by atoms with Crippen LogP contribution in [0.2, 0.25) is 0 Å². The lowest BCUT2D eigenvalue weighted by Crippen LogP contribution is -2.06. The Morgan fingerprint density at radius 1 is 1.58 bits per heavy atom. The first-order chi connectivity index (χ1) is 8.92. The zero-order chi connectivity index (χ0) is 15.9. The average Bonchev–Trinajstić information content (AvgIpc) is 2.31. The second-order valence-corrected chi connectivity index (χ2v) is 2.68. The molecule has 0 saturated heterocycles. The largest absolute Gasteiger partial charge is 0.446 e. The highest BCUT2D eigenvalue weighted by Gasteiger charge is 2.05. The van der Waals surface area contributed by atoms with Gasteiger partial charge in [-0.3, -0.25) is 4.56 Å². The maximum atomic E-state index is 10.9. The van der Waals surface area contributed by atoms with Crippen molar-refractivity contribution in [1.82, 2.24) is 0 Å². The Morgan fingerprint density at radius 3 is 2.75 bits per heavy atom. The van der Waals surface area contributed by atoms with E-state index in [1.807, 2.05) is 0 Å². The molecule has 0 aromatic heterocycles. The Balaban J connectivity index is 3.61. The maximum absolute atomic E-state index is 10.9. The van der Waals surface area contributed by atoms with Crippen molar-refractivity contribution in [3.8, 4) is 5.75 Å². The van der Waals surface area contributed by atoms with Gasteiger partial charge in [-0.15, -0.1) is 0 Å². The Morgan fingerprint density at radius 2 is 2.25 bits per heavy atom. The minimum absolute atomic E-state index is 0.857. The third-order valence-electron chi connectivity index (χ3n) is 0.787. The lowest BCUT2D eigenvalue weighted by molar-refractivity contribution is 0.387. The van der Waals surface area contributed by atoms with Crippen molar-refractivity contribution >= 4 is 10.4 Å². The molecule has 0 amide bonds. The van der Waals surface area contributed by atoms with E-state index in [2.05, 4.69) is 8.74 Å². The van der Waals surface area contributed by atoms with Crippen LogP contribution >= 0.6 is 0 Å². The molecule has 1 N–H and O–H groups in total. The minimum Gasteiger partial charge on any atom is -0.362 e. The fourth-order valence-corrected chi connectivity index (χ4v) is 0.732. The molecule has 0 spiro atoms. The lowest BCUT2D eigenvalue weighted by Gasteiger charge is -2.00. The van der Waals surface area contributed by atoms with Gasteiger partial charge in [0, 0.05) is 4.11 Å². The van der Waals surface area contributed by atoms with Crippen LogP contribution in [0.1, 0.15) is 15.2 Å². The molecule has 4 nitrogen and oxygen atoms in total. The standard InChI is InChI=1S/C7H8O4S/c1-6-2-4-7(5-3-6)11-12(8,9)10/h2-5H,1H3,(H,8,9,10)/i1D3,2D,3D,4D,5D/hD. The molecule has 0 saturated carbocycles. The summed E-state index contributed by atoms with van der Waals surface area (Å²) in [6.45, 7) is -2.91. The van der Waals surface area contributed by atoms with Crippen LogP contribution in [0.4, 0.5) is 0 Å². The Labute approximate surface area is 82.1 Å². The van der Waals surface area contributed by atoms with E-state index in [9.17, 15) is 8.42 Å². The molecule has 66 valence electrons. The molecule has 1 rings (SSSR count). The third-order valence-corrected chi connectivity index (χ3v) is 1.16. The first kappa shape index (κ1) is 3.01. The summed E-state index contributed by atoms with van der Waals surface area (Å²) in [5, 5.41) is 0. The number of hydrogen-bond acceptors (Lipinski definition) is 4. The summed E-state index contributed by atoms with van der Waals surface area (Å²) in [6, 6.07) is -3.92. The van der Waals surface area contributed by atoms with Gasteiger partial charge in [-0.25, -0.2) is 0 Å².